The van der Waals surface area contributed by atoms with Crippen LogP contribution < -0.4 is 5.32 Å². The van der Waals surface area contributed by atoms with Crippen molar-refractivity contribution in [2.24, 2.45) is 5.41 Å². The first-order valence-electron chi connectivity index (χ1n) is 9.13. The molecule has 0 bridgehead atoms. The fourth-order valence-electron chi connectivity index (χ4n) is 4.27. The zero-order valence-electron chi connectivity index (χ0n) is 14.8. The molecule has 0 aromatic rings. The summed E-state index contributed by atoms with van der Waals surface area (Å²) in [6.07, 6.45) is 9.88. The van der Waals surface area contributed by atoms with Gasteiger partial charge in [0.25, 0.3) is 0 Å². The molecular formula is C18H37N3. The number of nitrogens with zero attached hydrogens (tertiary/aromatic N) is 2. The number of likely N-dealkylation sites (N-methyl/N-ethyl adjacent to an activating group) is 2. The predicted octanol–water partition coefficient (Wildman–Crippen LogP) is 2.96. The number of rotatable bonds is 6. The van der Waals surface area contributed by atoms with Crippen molar-refractivity contribution in [2.45, 2.75) is 70.9 Å². The standard InChI is InChI=1S/C18H37N3/c1-16(2)19-14-18(10-6-5-7-11-18)15-21(4)17-9-8-12-20(3)13-17/h16-17,19H,5-15H2,1-4H3. The summed E-state index contributed by atoms with van der Waals surface area (Å²) in [5, 5.41) is 3.74. The summed E-state index contributed by atoms with van der Waals surface area (Å²) in [6, 6.07) is 1.37. The van der Waals surface area contributed by atoms with Gasteiger partial charge in [-0.3, -0.25) is 0 Å². The van der Waals surface area contributed by atoms with Crippen LogP contribution in [0.3, 0.4) is 0 Å². The first-order chi connectivity index (χ1) is 10.0. The van der Waals surface area contributed by atoms with Crippen molar-refractivity contribution in [2.75, 3.05) is 40.3 Å². The first kappa shape index (κ1) is 17.2. The molecule has 0 aromatic carbocycles. The topological polar surface area (TPSA) is 18.5 Å². The highest BCUT2D eigenvalue weighted by molar-refractivity contribution is 4.90. The van der Waals surface area contributed by atoms with E-state index in [1.807, 2.05) is 0 Å². The second kappa shape index (κ2) is 7.94. The third-order valence-corrected chi connectivity index (χ3v) is 5.61. The van der Waals surface area contributed by atoms with Gasteiger partial charge in [0, 0.05) is 31.7 Å². The summed E-state index contributed by atoms with van der Waals surface area (Å²) in [5.74, 6) is 0. The average molecular weight is 296 g/mol. The third kappa shape index (κ3) is 5.22. The van der Waals surface area contributed by atoms with Crippen molar-refractivity contribution in [3.8, 4) is 0 Å². The number of hydrogen-bond donors (Lipinski definition) is 1. The van der Waals surface area contributed by atoms with E-state index in [0.29, 0.717) is 11.5 Å². The van der Waals surface area contributed by atoms with Gasteiger partial charge in [-0.2, -0.15) is 0 Å². The largest absolute Gasteiger partial charge is 0.314 e. The molecule has 1 N–H and O–H groups in total. The van der Waals surface area contributed by atoms with Crippen LogP contribution in [0.25, 0.3) is 0 Å². The molecule has 124 valence electrons. The van der Waals surface area contributed by atoms with Crippen LogP contribution in [0.1, 0.15) is 58.8 Å². The van der Waals surface area contributed by atoms with E-state index in [4.69, 9.17) is 0 Å². The van der Waals surface area contributed by atoms with E-state index < -0.39 is 0 Å². The van der Waals surface area contributed by atoms with Crippen LogP contribution in [-0.2, 0) is 0 Å². The summed E-state index contributed by atoms with van der Waals surface area (Å²) in [4.78, 5) is 5.19. The summed E-state index contributed by atoms with van der Waals surface area (Å²) in [6.45, 7) is 9.57. The Labute approximate surface area is 132 Å². The normalized spacial score (nSPS) is 27.4. The van der Waals surface area contributed by atoms with Crippen LogP contribution in [0.2, 0.25) is 0 Å². The lowest BCUT2D eigenvalue weighted by molar-refractivity contribution is 0.0625. The first-order valence-corrected chi connectivity index (χ1v) is 9.13. The van der Waals surface area contributed by atoms with Crippen molar-refractivity contribution in [3.05, 3.63) is 0 Å². The Hall–Kier alpha value is -0.120. The molecular weight excluding hydrogens is 258 g/mol. The second-order valence-electron chi connectivity index (χ2n) is 8.07. The number of nitrogens with one attached hydrogen (secondary N) is 1. The Bertz CT molecular complexity index is 297. The molecule has 2 fully saturated rings. The van der Waals surface area contributed by atoms with E-state index in [9.17, 15) is 0 Å². The third-order valence-electron chi connectivity index (χ3n) is 5.61. The maximum Gasteiger partial charge on any atom is 0.0220 e. The highest BCUT2D eigenvalue weighted by Gasteiger charge is 2.35. The summed E-state index contributed by atoms with van der Waals surface area (Å²) in [7, 11) is 4.65. The van der Waals surface area contributed by atoms with Gasteiger partial charge in [-0.05, 0) is 51.7 Å². The van der Waals surface area contributed by atoms with Crippen molar-refractivity contribution in [1.82, 2.24) is 15.1 Å². The van der Waals surface area contributed by atoms with Gasteiger partial charge >= 0.3 is 0 Å². The summed E-state index contributed by atoms with van der Waals surface area (Å²) < 4.78 is 0. The zero-order chi connectivity index (χ0) is 15.3. The van der Waals surface area contributed by atoms with Crippen molar-refractivity contribution in [1.29, 1.82) is 0 Å². The Morgan fingerprint density at radius 3 is 2.52 bits per heavy atom. The summed E-state index contributed by atoms with van der Waals surface area (Å²) in [5.41, 5.74) is 0.521. The molecule has 1 saturated heterocycles. The Morgan fingerprint density at radius 1 is 1.19 bits per heavy atom. The minimum Gasteiger partial charge on any atom is -0.314 e. The maximum atomic E-state index is 3.74. The van der Waals surface area contributed by atoms with E-state index in [2.05, 4.69) is 43.1 Å². The average Bonchev–Trinajstić information content (AvgIpc) is 2.46. The highest BCUT2D eigenvalue weighted by atomic mass is 15.2. The lowest BCUT2D eigenvalue weighted by atomic mass is 9.73. The zero-order valence-corrected chi connectivity index (χ0v) is 14.8. The molecule has 1 aliphatic heterocycles. The molecule has 1 atom stereocenters. The fourth-order valence-corrected chi connectivity index (χ4v) is 4.27. The molecule has 1 unspecified atom stereocenters. The summed E-state index contributed by atoms with van der Waals surface area (Å²) >= 11 is 0. The number of piperidine rings is 1. The molecule has 2 aliphatic rings. The van der Waals surface area contributed by atoms with Gasteiger partial charge in [0.1, 0.15) is 0 Å². The smallest absolute Gasteiger partial charge is 0.0220 e. The van der Waals surface area contributed by atoms with Gasteiger partial charge in [-0.1, -0.05) is 33.1 Å². The molecule has 0 spiro atoms. The van der Waals surface area contributed by atoms with Crippen LogP contribution in [0.4, 0.5) is 0 Å². The van der Waals surface area contributed by atoms with Gasteiger partial charge in [-0.25, -0.2) is 0 Å². The minimum atomic E-state index is 0.521. The van der Waals surface area contributed by atoms with Crippen molar-refractivity contribution in [3.63, 3.8) is 0 Å². The molecule has 21 heavy (non-hydrogen) atoms. The van der Waals surface area contributed by atoms with Gasteiger partial charge in [-0.15, -0.1) is 0 Å². The Balaban J connectivity index is 1.93. The van der Waals surface area contributed by atoms with Crippen LogP contribution in [0.5, 0.6) is 0 Å². The van der Waals surface area contributed by atoms with Crippen LogP contribution >= 0.6 is 0 Å². The molecule has 3 nitrogen and oxygen atoms in total. The molecule has 0 aromatic heterocycles. The second-order valence-corrected chi connectivity index (χ2v) is 8.07. The van der Waals surface area contributed by atoms with E-state index in [1.54, 1.807) is 0 Å². The molecule has 0 radical (unpaired) electrons. The molecule has 2 rings (SSSR count). The van der Waals surface area contributed by atoms with Crippen molar-refractivity contribution < 1.29 is 0 Å². The fraction of sp³-hybridized carbons (Fsp3) is 1.00. The molecule has 3 heteroatoms. The maximum absolute atomic E-state index is 3.74. The Kier molecular flexibility index (Phi) is 6.51. The lowest BCUT2D eigenvalue weighted by Gasteiger charge is -2.44. The lowest BCUT2D eigenvalue weighted by Crippen LogP contribution is -2.51. The number of likely N-dealkylation sites (tertiary alicyclic amines) is 1. The van der Waals surface area contributed by atoms with E-state index in [-0.39, 0.29) is 0 Å². The van der Waals surface area contributed by atoms with Crippen molar-refractivity contribution >= 4 is 0 Å². The van der Waals surface area contributed by atoms with Gasteiger partial charge in [0.05, 0.1) is 0 Å². The molecule has 1 aliphatic carbocycles. The predicted molar refractivity (Wildman–Crippen MR) is 91.8 cm³/mol. The van der Waals surface area contributed by atoms with E-state index in [0.717, 1.165) is 6.04 Å². The van der Waals surface area contributed by atoms with E-state index in [1.165, 1.54) is 71.1 Å². The quantitative estimate of drug-likeness (QED) is 0.813. The minimum absolute atomic E-state index is 0.521. The van der Waals surface area contributed by atoms with Crippen LogP contribution in [0.15, 0.2) is 0 Å². The van der Waals surface area contributed by atoms with Gasteiger partial charge in [0.2, 0.25) is 0 Å². The van der Waals surface area contributed by atoms with Crippen LogP contribution in [0, 0.1) is 5.41 Å². The van der Waals surface area contributed by atoms with E-state index >= 15 is 0 Å². The Morgan fingerprint density at radius 2 is 1.90 bits per heavy atom. The van der Waals surface area contributed by atoms with Gasteiger partial charge < -0.3 is 15.1 Å². The SMILES string of the molecule is CC(C)NCC1(CN(C)C2CCCN(C)C2)CCCCC1. The molecule has 1 saturated carbocycles. The molecule has 0 amide bonds. The molecule has 1 heterocycles. The van der Waals surface area contributed by atoms with Gasteiger partial charge in [0.15, 0.2) is 0 Å². The highest BCUT2D eigenvalue weighted by Crippen LogP contribution is 2.37. The monoisotopic (exact) mass is 295 g/mol. The van der Waals surface area contributed by atoms with Crippen LogP contribution in [-0.4, -0.2) is 62.2 Å². The number of hydrogen-bond acceptors (Lipinski definition) is 3.